The van der Waals surface area contributed by atoms with Gasteiger partial charge in [-0.1, -0.05) is 22.2 Å². The van der Waals surface area contributed by atoms with E-state index in [0.29, 0.717) is 11.4 Å². The largest absolute Gasteiger partial charge is 0.394 e. The van der Waals surface area contributed by atoms with Crippen LogP contribution >= 0.6 is 34.4 Å². The molecule has 1 aliphatic rings. The van der Waals surface area contributed by atoms with Gasteiger partial charge in [0.1, 0.15) is 59.4 Å². The molecule has 4 aromatic rings. The van der Waals surface area contributed by atoms with E-state index < -0.39 is 67.4 Å². The van der Waals surface area contributed by atoms with Gasteiger partial charge < -0.3 is 40.1 Å². The normalized spacial score (nSPS) is 25.7. The van der Waals surface area contributed by atoms with Gasteiger partial charge in [0.15, 0.2) is 0 Å². The van der Waals surface area contributed by atoms with Crippen LogP contribution in [0.15, 0.2) is 46.0 Å². The van der Waals surface area contributed by atoms with Crippen molar-refractivity contribution in [3.8, 4) is 22.5 Å². The lowest BCUT2D eigenvalue weighted by Gasteiger charge is -2.41. The van der Waals surface area contributed by atoms with Crippen LogP contribution in [0.25, 0.3) is 22.5 Å². The van der Waals surface area contributed by atoms with Crippen LogP contribution in [-0.2, 0) is 9.47 Å². The molecule has 0 spiro atoms. The molecule has 1 saturated heterocycles. The van der Waals surface area contributed by atoms with E-state index in [9.17, 15) is 30.6 Å². The van der Waals surface area contributed by atoms with Gasteiger partial charge in [0.2, 0.25) is 0 Å². The molecule has 5 rings (SSSR count). The predicted molar refractivity (Wildman–Crippen MR) is 155 cm³/mol. The Labute approximate surface area is 252 Å². The number of hydrogen-bond acceptors (Lipinski definition) is 15. The highest BCUT2D eigenvalue weighted by atomic mass is 32.2. The van der Waals surface area contributed by atoms with E-state index in [1.807, 2.05) is 33.7 Å². The first kappa shape index (κ1) is 31.1. The fourth-order valence-corrected chi connectivity index (χ4v) is 7.05. The van der Waals surface area contributed by atoms with Gasteiger partial charge in [-0.15, -0.1) is 10.2 Å². The van der Waals surface area contributed by atoms with E-state index >= 15 is 0 Å². The van der Waals surface area contributed by atoms with Crippen molar-refractivity contribution >= 4 is 34.4 Å². The average Bonchev–Trinajstić information content (AvgIpc) is 3.79. The number of hydrogen-bond donors (Lipinski definition) is 6. The monoisotopic (exact) mass is 640 g/mol. The molecular formula is C25H32N6O8S3. The Bertz CT molecular complexity index is 1370. The molecule has 17 heteroatoms. The summed E-state index contributed by atoms with van der Waals surface area (Å²) in [6.45, 7) is 0.410. The first-order chi connectivity index (χ1) is 20.3. The third kappa shape index (κ3) is 6.61. The summed E-state index contributed by atoms with van der Waals surface area (Å²) < 4.78 is 14.2. The zero-order valence-corrected chi connectivity index (χ0v) is 24.8. The Kier molecular flexibility index (Phi) is 10.4. The van der Waals surface area contributed by atoms with Gasteiger partial charge in [0.05, 0.1) is 37.7 Å². The standard InChI is InChI=1S/C25H32N6O8S3/c1-13(34)20(30-6-16(26-28-30)14-2-4-40-10-14)22(35)18(8-32)38-12-42-25-24(37)21(23(36)19(9-33)39-25)31-7-17(27-29-31)15-3-5-41-11-15/h2-7,10-11,13,18-25,32-37H,8-9,12H2,1H3/t13-,18+,19?,20?,21?,22?,23?,24?,25?/m0/s1. The number of rotatable bonds is 13. The number of nitrogens with zero attached hydrogens (tertiary/aromatic N) is 6. The zero-order chi connectivity index (χ0) is 29.8. The summed E-state index contributed by atoms with van der Waals surface area (Å²) in [5, 5.41) is 87.4. The molecule has 42 heavy (non-hydrogen) atoms. The first-order valence-electron chi connectivity index (χ1n) is 13.0. The zero-order valence-electron chi connectivity index (χ0n) is 22.3. The molecule has 0 aliphatic carbocycles. The predicted octanol–water partition coefficient (Wildman–Crippen LogP) is 0.358. The maximum Gasteiger partial charge on any atom is 0.134 e. The highest BCUT2D eigenvalue weighted by Crippen LogP contribution is 2.36. The Balaban J connectivity index is 1.24. The van der Waals surface area contributed by atoms with Gasteiger partial charge in [0.25, 0.3) is 0 Å². The van der Waals surface area contributed by atoms with Crippen LogP contribution in [0.2, 0.25) is 0 Å². The number of thiophene rings is 2. The average molecular weight is 641 g/mol. The van der Waals surface area contributed by atoms with Crippen LogP contribution < -0.4 is 0 Å². The van der Waals surface area contributed by atoms with Crippen LogP contribution in [0.4, 0.5) is 0 Å². The second-order valence-electron chi connectivity index (χ2n) is 9.78. The van der Waals surface area contributed by atoms with Crippen molar-refractivity contribution in [3.05, 3.63) is 46.0 Å². The molecular weight excluding hydrogens is 609 g/mol. The topological polar surface area (TPSA) is 201 Å². The molecule has 4 aromatic heterocycles. The molecule has 1 aliphatic heterocycles. The maximum absolute atomic E-state index is 11.1. The molecule has 14 nitrogen and oxygen atoms in total. The Morgan fingerprint density at radius 2 is 1.67 bits per heavy atom. The van der Waals surface area contributed by atoms with Crippen molar-refractivity contribution in [3.63, 3.8) is 0 Å². The summed E-state index contributed by atoms with van der Waals surface area (Å²) in [4.78, 5) is 0. The van der Waals surface area contributed by atoms with E-state index in [1.54, 1.807) is 12.4 Å². The molecule has 0 saturated carbocycles. The molecule has 0 aromatic carbocycles. The van der Waals surface area contributed by atoms with Crippen molar-refractivity contribution in [2.24, 2.45) is 0 Å². The van der Waals surface area contributed by atoms with Crippen molar-refractivity contribution < 1.29 is 40.1 Å². The molecule has 0 radical (unpaired) electrons. The van der Waals surface area contributed by atoms with Crippen LogP contribution in [-0.4, -0.2) is 122 Å². The summed E-state index contributed by atoms with van der Waals surface area (Å²) in [6, 6.07) is 1.80. The second-order valence-corrected chi connectivity index (χ2v) is 12.4. The fourth-order valence-electron chi connectivity index (χ4n) is 4.78. The highest BCUT2D eigenvalue weighted by Gasteiger charge is 2.46. The summed E-state index contributed by atoms with van der Waals surface area (Å²) in [6.07, 6.45) is -3.94. The lowest BCUT2D eigenvalue weighted by molar-refractivity contribution is -0.179. The molecule has 9 atom stereocenters. The summed E-state index contributed by atoms with van der Waals surface area (Å²) >= 11 is 4.01. The van der Waals surface area contributed by atoms with Crippen LogP contribution in [0.1, 0.15) is 19.0 Å². The summed E-state index contributed by atoms with van der Waals surface area (Å²) in [7, 11) is 0. The molecule has 5 heterocycles. The lowest BCUT2D eigenvalue weighted by Crippen LogP contribution is -2.55. The Morgan fingerprint density at radius 3 is 2.26 bits per heavy atom. The minimum atomic E-state index is -1.38. The van der Waals surface area contributed by atoms with Crippen molar-refractivity contribution in [1.29, 1.82) is 0 Å². The Morgan fingerprint density at radius 1 is 1.00 bits per heavy atom. The van der Waals surface area contributed by atoms with Crippen molar-refractivity contribution in [2.75, 3.05) is 19.2 Å². The maximum atomic E-state index is 11.1. The third-order valence-electron chi connectivity index (χ3n) is 7.03. The molecule has 0 bridgehead atoms. The molecule has 6 N–H and O–H groups in total. The fraction of sp³-hybridized carbons (Fsp3) is 0.520. The van der Waals surface area contributed by atoms with Gasteiger partial charge in [-0.25, -0.2) is 9.36 Å². The molecule has 0 amide bonds. The van der Waals surface area contributed by atoms with Crippen LogP contribution in [0.3, 0.4) is 0 Å². The molecule has 1 fully saturated rings. The van der Waals surface area contributed by atoms with Crippen LogP contribution in [0.5, 0.6) is 0 Å². The lowest BCUT2D eigenvalue weighted by atomic mass is 9.97. The number of thioether (sulfide) groups is 1. The van der Waals surface area contributed by atoms with E-state index in [1.165, 1.54) is 39.0 Å². The van der Waals surface area contributed by atoms with Gasteiger partial charge in [-0.05, 0) is 29.8 Å². The minimum Gasteiger partial charge on any atom is -0.394 e. The van der Waals surface area contributed by atoms with Gasteiger partial charge in [0, 0.05) is 21.9 Å². The van der Waals surface area contributed by atoms with Gasteiger partial charge in [-0.3, -0.25) is 0 Å². The second kappa shape index (κ2) is 14.0. The van der Waals surface area contributed by atoms with E-state index in [0.717, 1.165) is 22.9 Å². The van der Waals surface area contributed by atoms with E-state index in [2.05, 4.69) is 20.6 Å². The van der Waals surface area contributed by atoms with E-state index in [4.69, 9.17) is 9.47 Å². The van der Waals surface area contributed by atoms with Crippen LogP contribution in [0, 0.1) is 0 Å². The number of aliphatic hydroxyl groups is 6. The smallest absolute Gasteiger partial charge is 0.134 e. The minimum absolute atomic E-state index is 0.146. The molecule has 7 unspecified atom stereocenters. The van der Waals surface area contributed by atoms with Gasteiger partial charge in [-0.2, -0.15) is 22.7 Å². The quantitative estimate of drug-likeness (QED) is 0.110. The summed E-state index contributed by atoms with van der Waals surface area (Å²) in [5.74, 6) is -0.146. The molecule has 228 valence electrons. The van der Waals surface area contributed by atoms with Gasteiger partial charge >= 0.3 is 0 Å². The first-order valence-corrected chi connectivity index (χ1v) is 16.0. The highest BCUT2D eigenvalue weighted by molar-refractivity contribution is 7.99. The summed E-state index contributed by atoms with van der Waals surface area (Å²) in [5.41, 5.74) is 1.87. The van der Waals surface area contributed by atoms with Crippen molar-refractivity contribution in [1.82, 2.24) is 30.0 Å². The number of aliphatic hydroxyl groups excluding tert-OH is 6. The van der Waals surface area contributed by atoms with E-state index in [-0.39, 0.29) is 5.94 Å². The number of aromatic nitrogens is 6. The van der Waals surface area contributed by atoms with Crippen molar-refractivity contribution in [2.45, 2.75) is 61.1 Å². The third-order valence-corrected chi connectivity index (χ3v) is 9.39. The Hall–Kier alpha value is -2.29. The number of ether oxygens (including phenoxy) is 2. The SMILES string of the molecule is C[C@H](O)C(C(O)[C@@H](CO)OCSC1OC(CO)C(O)C(n2cc(-c3ccsc3)nn2)C1O)n1cc(-c2ccsc2)nn1.